The van der Waals surface area contributed by atoms with Crippen molar-refractivity contribution in [2.24, 2.45) is 0 Å². The average molecular weight is 301 g/mol. The maximum absolute atomic E-state index is 11.9. The number of benzene rings is 1. The molecule has 0 aliphatic carbocycles. The van der Waals surface area contributed by atoms with Gasteiger partial charge in [0, 0.05) is 23.4 Å². The summed E-state index contributed by atoms with van der Waals surface area (Å²) in [6.07, 6.45) is 0.769. The highest BCUT2D eigenvalue weighted by atomic mass is 16.5. The molecule has 1 unspecified atom stereocenters. The Labute approximate surface area is 126 Å². The monoisotopic (exact) mass is 301 g/mol. The molecule has 1 aliphatic heterocycles. The lowest BCUT2D eigenvalue weighted by atomic mass is 10.1. The van der Waals surface area contributed by atoms with Crippen LogP contribution in [-0.4, -0.2) is 17.9 Å². The standard InChI is InChI=1S/C16H15NO5/c1-9-2-3-11-10(7-15(19)22-13(11)6-9)8-21-16(20)12-4-5-14(18)17-12/h2-3,6-7,12H,4-5,8H2,1H3,(H,17,18). The van der Waals surface area contributed by atoms with Crippen LogP contribution in [0.5, 0.6) is 0 Å². The van der Waals surface area contributed by atoms with Crippen molar-refractivity contribution in [2.45, 2.75) is 32.4 Å². The fraction of sp³-hybridized carbons (Fsp3) is 0.312. The summed E-state index contributed by atoms with van der Waals surface area (Å²) in [7, 11) is 0. The molecule has 1 fully saturated rings. The molecular weight excluding hydrogens is 286 g/mol. The Hall–Kier alpha value is -2.63. The van der Waals surface area contributed by atoms with Crippen LogP contribution in [0.25, 0.3) is 11.0 Å². The number of carbonyl (C=O) groups is 2. The Morgan fingerprint density at radius 2 is 2.18 bits per heavy atom. The molecule has 1 atom stereocenters. The Bertz CT molecular complexity index is 808. The number of rotatable bonds is 3. The maximum Gasteiger partial charge on any atom is 0.336 e. The van der Waals surface area contributed by atoms with Crippen molar-refractivity contribution in [2.75, 3.05) is 0 Å². The van der Waals surface area contributed by atoms with E-state index in [0.717, 1.165) is 10.9 Å². The average Bonchev–Trinajstić information content (AvgIpc) is 2.90. The summed E-state index contributed by atoms with van der Waals surface area (Å²) in [5, 5.41) is 3.28. The van der Waals surface area contributed by atoms with E-state index in [2.05, 4.69) is 5.32 Å². The Balaban J connectivity index is 1.80. The van der Waals surface area contributed by atoms with Crippen LogP contribution in [0.1, 0.15) is 24.0 Å². The second-order valence-corrected chi connectivity index (χ2v) is 5.36. The third kappa shape index (κ3) is 2.86. The molecule has 2 heterocycles. The summed E-state index contributed by atoms with van der Waals surface area (Å²) in [4.78, 5) is 34.6. The first-order valence-corrected chi connectivity index (χ1v) is 7.02. The Morgan fingerprint density at radius 1 is 1.36 bits per heavy atom. The van der Waals surface area contributed by atoms with Crippen LogP contribution in [0.15, 0.2) is 33.5 Å². The van der Waals surface area contributed by atoms with Crippen molar-refractivity contribution in [3.05, 3.63) is 45.8 Å². The third-order valence-electron chi connectivity index (χ3n) is 3.64. The number of carbonyl (C=O) groups excluding carboxylic acids is 2. The molecular formula is C16H15NO5. The van der Waals surface area contributed by atoms with Crippen LogP contribution in [-0.2, 0) is 20.9 Å². The van der Waals surface area contributed by atoms with Crippen LogP contribution >= 0.6 is 0 Å². The zero-order valence-electron chi connectivity index (χ0n) is 12.0. The Morgan fingerprint density at radius 3 is 2.91 bits per heavy atom. The minimum Gasteiger partial charge on any atom is -0.459 e. The molecule has 22 heavy (non-hydrogen) atoms. The highest BCUT2D eigenvalue weighted by Gasteiger charge is 2.28. The van der Waals surface area contributed by atoms with Crippen LogP contribution in [0.4, 0.5) is 0 Å². The van der Waals surface area contributed by atoms with Gasteiger partial charge in [-0.1, -0.05) is 12.1 Å². The molecule has 0 spiro atoms. The second kappa shape index (κ2) is 5.63. The van der Waals surface area contributed by atoms with Gasteiger partial charge in [-0.3, -0.25) is 4.79 Å². The number of ether oxygens (including phenoxy) is 1. The molecule has 1 saturated heterocycles. The molecule has 3 rings (SSSR count). The third-order valence-corrected chi connectivity index (χ3v) is 3.64. The molecule has 1 N–H and O–H groups in total. The van der Waals surface area contributed by atoms with Crippen molar-refractivity contribution < 1.29 is 18.7 Å². The number of esters is 1. The topological polar surface area (TPSA) is 85.6 Å². The quantitative estimate of drug-likeness (QED) is 0.684. The number of hydrogen-bond donors (Lipinski definition) is 1. The Kier molecular flexibility index (Phi) is 3.66. The molecule has 0 saturated carbocycles. The molecule has 6 nitrogen and oxygen atoms in total. The zero-order chi connectivity index (χ0) is 15.7. The maximum atomic E-state index is 11.9. The second-order valence-electron chi connectivity index (χ2n) is 5.36. The van der Waals surface area contributed by atoms with Gasteiger partial charge in [-0.2, -0.15) is 0 Å². The lowest BCUT2D eigenvalue weighted by Gasteiger charge is -2.11. The summed E-state index contributed by atoms with van der Waals surface area (Å²) in [5.74, 6) is -0.636. The molecule has 1 amide bonds. The van der Waals surface area contributed by atoms with Gasteiger partial charge in [0.25, 0.3) is 0 Å². The van der Waals surface area contributed by atoms with Gasteiger partial charge in [0.05, 0.1) is 0 Å². The number of fused-ring (bicyclic) bond motifs is 1. The van der Waals surface area contributed by atoms with Gasteiger partial charge in [0.15, 0.2) is 0 Å². The lowest BCUT2D eigenvalue weighted by Crippen LogP contribution is -2.34. The summed E-state index contributed by atoms with van der Waals surface area (Å²) in [6, 6.07) is 6.21. The van der Waals surface area contributed by atoms with Crippen LogP contribution in [0, 0.1) is 6.92 Å². The molecule has 2 aromatic rings. The minimum atomic E-state index is -0.596. The van der Waals surface area contributed by atoms with Gasteiger partial charge < -0.3 is 14.5 Å². The van der Waals surface area contributed by atoms with E-state index >= 15 is 0 Å². The van der Waals surface area contributed by atoms with Crippen molar-refractivity contribution >= 4 is 22.8 Å². The first-order chi connectivity index (χ1) is 10.5. The molecule has 114 valence electrons. The van der Waals surface area contributed by atoms with E-state index in [1.807, 2.05) is 19.1 Å². The molecule has 0 bridgehead atoms. The van der Waals surface area contributed by atoms with Crippen LogP contribution < -0.4 is 10.9 Å². The largest absolute Gasteiger partial charge is 0.459 e. The van der Waals surface area contributed by atoms with Gasteiger partial charge >= 0.3 is 11.6 Å². The van der Waals surface area contributed by atoms with Crippen LogP contribution in [0.3, 0.4) is 0 Å². The van der Waals surface area contributed by atoms with E-state index in [1.165, 1.54) is 6.07 Å². The molecule has 1 aromatic carbocycles. The fourth-order valence-electron chi connectivity index (χ4n) is 2.50. The predicted molar refractivity (Wildman–Crippen MR) is 78.2 cm³/mol. The number of aryl methyl sites for hydroxylation is 1. The summed E-state index contributed by atoms with van der Waals surface area (Å²) in [6.45, 7) is 1.87. The van der Waals surface area contributed by atoms with Gasteiger partial charge in [0.2, 0.25) is 5.91 Å². The van der Waals surface area contributed by atoms with E-state index in [4.69, 9.17) is 9.15 Å². The normalized spacial score (nSPS) is 17.5. The smallest absolute Gasteiger partial charge is 0.336 e. The van der Waals surface area contributed by atoms with Gasteiger partial charge in [-0.15, -0.1) is 0 Å². The molecule has 1 aliphatic rings. The van der Waals surface area contributed by atoms with E-state index in [-0.39, 0.29) is 12.5 Å². The number of hydrogen-bond acceptors (Lipinski definition) is 5. The minimum absolute atomic E-state index is 0.0314. The number of nitrogens with one attached hydrogen (secondary N) is 1. The SMILES string of the molecule is Cc1ccc2c(COC(=O)C3CCC(=O)N3)cc(=O)oc2c1. The first kappa shape index (κ1) is 14.3. The van der Waals surface area contributed by atoms with E-state index in [1.54, 1.807) is 6.07 Å². The summed E-state index contributed by atoms with van der Waals surface area (Å²) < 4.78 is 10.4. The number of amides is 1. The lowest BCUT2D eigenvalue weighted by molar-refractivity contribution is -0.147. The van der Waals surface area contributed by atoms with E-state index < -0.39 is 17.6 Å². The van der Waals surface area contributed by atoms with Crippen LogP contribution in [0.2, 0.25) is 0 Å². The molecule has 0 radical (unpaired) electrons. The fourth-order valence-corrected chi connectivity index (χ4v) is 2.50. The van der Waals surface area contributed by atoms with E-state index in [0.29, 0.717) is 24.0 Å². The van der Waals surface area contributed by atoms with Gasteiger partial charge in [0.1, 0.15) is 18.2 Å². The zero-order valence-corrected chi connectivity index (χ0v) is 12.0. The highest BCUT2D eigenvalue weighted by molar-refractivity contribution is 5.88. The van der Waals surface area contributed by atoms with Gasteiger partial charge in [-0.25, -0.2) is 9.59 Å². The van der Waals surface area contributed by atoms with Crippen molar-refractivity contribution in [1.82, 2.24) is 5.32 Å². The van der Waals surface area contributed by atoms with E-state index in [9.17, 15) is 14.4 Å². The van der Waals surface area contributed by atoms with Crippen molar-refractivity contribution in [3.8, 4) is 0 Å². The first-order valence-electron chi connectivity index (χ1n) is 7.02. The predicted octanol–water partition coefficient (Wildman–Crippen LogP) is 1.42. The summed E-state index contributed by atoms with van der Waals surface area (Å²) in [5.41, 5.74) is 1.54. The molecule has 6 heteroatoms. The molecule has 1 aromatic heterocycles. The van der Waals surface area contributed by atoms with Crippen molar-refractivity contribution in [3.63, 3.8) is 0 Å². The van der Waals surface area contributed by atoms with Crippen molar-refractivity contribution in [1.29, 1.82) is 0 Å². The highest BCUT2D eigenvalue weighted by Crippen LogP contribution is 2.19. The van der Waals surface area contributed by atoms with Gasteiger partial charge in [-0.05, 0) is 25.0 Å². The summed E-state index contributed by atoms with van der Waals surface area (Å²) >= 11 is 0.